The Morgan fingerprint density at radius 1 is 1.10 bits per heavy atom. The molecule has 3 aromatic rings. The lowest BCUT2D eigenvalue weighted by Gasteiger charge is -2.28. The van der Waals surface area contributed by atoms with Crippen LogP contribution in [0, 0.1) is 6.92 Å². The molecule has 0 aliphatic carbocycles. The van der Waals surface area contributed by atoms with Crippen LogP contribution in [0.25, 0.3) is 11.3 Å². The van der Waals surface area contributed by atoms with Gasteiger partial charge in [-0.15, -0.1) is 0 Å². The van der Waals surface area contributed by atoms with E-state index in [4.69, 9.17) is 9.90 Å². The Bertz CT molecular complexity index is 1080. The van der Waals surface area contributed by atoms with E-state index >= 15 is 0 Å². The first-order chi connectivity index (χ1) is 14.7. The third kappa shape index (κ3) is 5.27. The molecule has 1 aromatic carbocycles. The van der Waals surface area contributed by atoms with Gasteiger partial charge in [-0.25, -0.2) is 9.78 Å². The fraction of sp³-hybridized carbons (Fsp3) is 0.238. The predicted octanol–water partition coefficient (Wildman–Crippen LogP) is 3.54. The van der Waals surface area contributed by atoms with Crippen molar-refractivity contribution in [2.24, 2.45) is 0 Å². The molecule has 4 rings (SSSR count). The number of halogens is 3. The van der Waals surface area contributed by atoms with Crippen molar-refractivity contribution in [1.29, 1.82) is 0 Å². The third-order valence-corrected chi connectivity index (χ3v) is 4.63. The number of fused-ring (bicyclic) bond motifs is 1. The number of imidazole rings is 1. The lowest BCUT2D eigenvalue weighted by atomic mass is 10.1. The number of hydrogen-bond donors (Lipinski definition) is 1. The molecule has 0 fully saturated rings. The van der Waals surface area contributed by atoms with E-state index in [1.165, 1.54) is 11.1 Å². The highest BCUT2D eigenvalue weighted by Crippen LogP contribution is 2.25. The summed E-state index contributed by atoms with van der Waals surface area (Å²) < 4.78 is 33.9. The Kier molecular flexibility index (Phi) is 6.38. The minimum Gasteiger partial charge on any atom is -0.475 e. The zero-order valence-corrected chi connectivity index (χ0v) is 16.5. The SMILES string of the molecule is Cc1cccc(-c2cnc3n2CCN(C(=O)c2ccncc2)C3)c1.O=C(O)C(F)(F)F. The van der Waals surface area contributed by atoms with Crippen LogP contribution in [0.1, 0.15) is 21.7 Å². The van der Waals surface area contributed by atoms with Crippen LogP contribution in [0.2, 0.25) is 0 Å². The Hall–Kier alpha value is -3.69. The molecular formula is C21H19F3N4O3. The molecule has 0 bridgehead atoms. The molecule has 0 saturated heterocycles. The van der Waals surface area contributed by atoms with Crippen LogP contribution in [0.3, 0.4) is 0 Å². The molecule has 1 aliphatic rings. The van der Waals surface area contributed by atoms with Crippen molar-refractivity contribution in [2.45, 2.75) is 26.2 Å². The molecule has 0 saturated carbocycles. The summed E-state index contributed by atoms with van der Waals surface area (Å²) >= 11 is 0. The van der Waals surface area contributed by atoms with Gasteiger partial charge in [-0.3, -0.25) is 9.78 Å². The van der Waals surface area contributed by atoms with Crippen LogP contribution >= 0.6 is 0 Å². The van der Waals surface area contributed by atoms with Gasteiger partial charge in [-0.1, -0.05) is 23.8 Å². The molecule has 162 valence electrons. The minimum atomic E-state index is -5.08. The smallest absolute Gasteiger partial charge is 0.475 e. The Morgan fingerprint density at radius 3 is 2.39 bits per heavy atom. The molecule has 1 aliphatic heterocycles. The number of carboxylic acids is 1. The molecule has 0 radical (unpaired) electrons. The highest BCUT2D eigenvalue weighted by atomic mass is 19.4. The van der Waals surface area contributed by atoms with Gasteiger partial charge < -0.3 is 14.6 Å². The summed E-state index contributed by atoms with van der Waals surface area (Å²) in [5, 5.41) is 7.12. The van der Waals surface area contributed by atoms with E-state index in [2.05, 4.69) is 45.7 Å². The number of carbonyl (C=O) groups is 2. The van der Waals surface area contributed by atoms with Crippen LogP contribution in [-0.4, -0.2) is 49.1 Å². The number of aromatic nitrogens is 3. The summed E-state index contributed by atoms with van der Waals surface area (Å²) in [5.74, 6) is -1.79. The normalized spacial score (nSPS) is 13.1. The number of carboxylic acid groups (broad SMARTS) is 1. The molecule has 2 aromatic heterocycles. The van der Waals surface area contributed by atoms with Gasteiger partial charge in [0.25, 0.3) is 5.91 Å². The number of aliphatic carboxylic acids is 1. The van der Waals surface area contributed by atoms with E-state index in [1.54, 1.807) is 24.5 Å². The first kappa shape index (κ1) is 22.0. The number of aryl methyl sites for hydroxylation is 1. The number of rotatable bonds is 2. The van der Waals surface area contributed by atoms with Crippen LogP contribution in [-0.2, 0) is 17.9 Å². The molecule has 3 heterocycles. The maximum atomic E-state index is 12.6. The zero-order chi connectivity index (χ0) is 22.6. The average molecular weight is 432 g/mol. The fourth-order valence-electron chi connectivity index (χ4n) is 3.15. The van der Waals surface area contributed by atoms with E-state index in [0.29, 0.717) is 18.7 Å². The van der Waals surface area contributed by atoms with Gasteiger partial charge in [0.2, 0.25) is 0 Å². The summed E-state index contributed by atoms with van der Waals surface area (Å²) in [7, 11) is 0. The van der Waals surface area contributed by atoms with Gasteiger partial charge in [0, 0.05) is 36.6 Å². The second-order valence-electron chi connectivity index (χ2n) is 6.85. The summed E-state index contributed by atoms with van der Waals surface area (Å²) in [4.78, 5) is 31.8. The van der Waals surface area contributed by atoms with E-state index in [0.717, 1.165) is 18.1 Å². The van der Waals surface area contributed by atoms with Crippen LogP contribution in [0.15, 0.2) is 55.0 Å². The zero-order valence-electron chi connectivity index (χ0n) is 16.5. The fourth-order valence-corrected chi connectivity index (χ4v) is 3.15. The van der Waals surface area contributed by atoms with Crippen molar-refractivity contribution in [1.82, 2.24) is 19.4 Å². The first-order valence-electron chi connectivity index (χ1n) is 9.27. The lowest BCUT2D eigenvalue weighted by molar-refractivity contribution is -0.192. The largest absolute Gasteiger partial charge is 0.490 e. The molecule has 0 spiro atoms. The number of carbonyl (C=O) groups excluding carboxylic acids is 1. The van der Waals surface area contributed by atoms with Gasteiger partial charge >= 0.3 is 12.1 Å². The molecule has 10 heteroatoms. The van der Waals surface area contributed by atoms with E-state index in [-0.39, 0.29) is 5.91 Å². The highest BCUT2D eigenvalue weighted by molar-refractivity contribution is 5.94. The number of amides is 1. The minimum absolute atomic E-state index is 0.0313. The standard InChI is InChI=1S/C19H18N4O.C2HF3O2/c1-14-3-2-4-16(11-14)17-12-21-18-13-22(9-10-23(17)18)19(24)15-5-7-20-8-6-15;3-2(4,5)1(6)7/h2-8,11-12H,9-10,13H2,1H3;(H,6,7). The van der Waals surface area contributed by atoms with Gasteiger partial charge in [0.1, 0.15) is 5.82 Å². The Morgan fingerprint density at radius 2 is 1.77 bits per heavy atom. The lowest BCUT2D eigenvalue weighted by Crippen LogP contribution is -2.38. The molecule has 7 nitrogen and oxygen atoms in total. The second-order valence-corrected chi connectivity index (χ2v) is 6.85. The molecule has 31 heavy (non-hydrogen) atoms. The van der Waals surface area contributed by atoms with Crippen LogP contribution in [0.5, 0.6) is 0 Å². The maximum absolute atomic E-state index is 12.6. The van der Waals surface area contributed by atoms with Crippen LogP contribution < -0.4 is 0 Å². The summed E-state index contributed by atoms with van der Waals surface area (Å²) in [5.41, 5.74) is 4.18. The van der Waals surface area contributed by atoms with Crippen molar-refractivity contribution in [2.75, 3.05) is 6.54 Å². The highest BCUT2D eigenvalue weighted by Gasteiger charge is 2.38. The second kappa shape index (κ2) is 8.99. The number of hydrogen-bond acceptors (Lipinski definition) is 4. The summed E-state index contributed by atoms with van der Waals surface area (Å²) in [6.07, 6.45) is 0.118. The molecule has 1 amide bonds. The Balaban J connectivity index is 0.000000339. The van der Waals surface area contributed by atoms with Crippen molar-refractivity contribution in [3.63, 3.8) is 0 Å². The molecule has 1 N–H and O–H groups in total. The van der Waals surface area contributed by atoms with Gasteiger partial charge in [0.05, 0.1) is 18.4 Å². The molecular weight excluding hydrogens is 413 g/mol. The third-order valence-electron chi connectivity index (χ3n) is 4.63. The van der Waals surface area contributed by atoms with E-state index in [9.17, 15) is 18.0 Å². The van der Waals surface area contributed by atoms with E-state index in [1.807, 2.05) is 11.1 Å². The number of pyridine rings is 1. The van der Waals surface area contributed by atoms with Gasteiger partial charge in [-0.05, 0) is 25.1 Å². The van der Waals surface area contributed by atoms with Gasteiger partial charge in [-0.2, -0.15) is 13.2 Å². The van der Waals surface area contributed by atoms with Crippen molar-refractivity contribution < 1.29 is 27.9 Å². The monoisotopic (exact) mass is 432 g/mol. The maximum Gasteiger partial charge on any atom is 0.490 e. The Labute approximate surface area is 175 Å². The van der Waals surface area contributed by atoms with Crippen molar-refractivity contribution >= 4 is 11.9 Å². The van der Waals surface area contributed by atoms with Crippen molar-refractivity contribution in [3.05, 3.63) is 71.9 Å². The average Bonchev–Trinajstić information content (AvgIpc) is 3.17. The first-order valence-corrected chi connectivity index (χ1v) is 9.27. The predicted molar refractivity (Wildman–Crippen MR) is 105 cm³/mol. The number of nitrogens with zero attached hydrogens (tertiary/aromatic N) is 4. The quantitative estimate of drug-likeness (QED) is 0.669. The molecule has 0 atom stereocenters. The number of benzene rings is 1. The summed E-state index contributed by atoms with van der Waals surface area (Å²) in [6, 6.07) is 11.9. The van der Waals surface area contributed by atoms with Gasteiger partial charge in [0.15, 0.2) is 0 Å². The van der Waals surface area contributed by atoms with Crippen LogP contribution in [0.4, 0.5) is 13.2 Å². The van der Waals surface area contributed by atoms with Crippen molar-refractivity contribution in [3.8, 4) is 11.3 Å². The number of alkyl halides is 3. The summed E-state index contributed by atoms with van der Waals surface area (Å²) in [6.45, 7) is 4.07. The van der Waals surface area contributed by atoms with E-state index < -0.39 is 12.1 Å². The topological polar surface area (TPSA) is 88.3 Å². The molecule has 0 unspecified atom stereocenters.